The molecule has 2 bridgehead atoms. The lowest BCUT2D eigenvalue weighted by Gasteiger charge is -2.20. The zero-order valence-corrected chi connectivity index (χ0v) is 8.16. The van der Waals surface area contributed by atoms with Crippen molar-refractivity contribution in [3.8, 4) is 0 Å². The predicted molar refractivity (Wildman–Crippen MR) is 58.3 cm³/mol. The van der Waals surface area contributed by atoms with Crippen LogP contribution in [0.5, 0.6) is 0 Å². The minimum atomic E-state index is -0.809. The smallest absolute Gasteiger partial charge is 0.335 e. The Morgan fingerprint density at radius 1 is 1.13 bits per heavy atom. The third-order valence-electron chi connectivity index (χ3n) is 3.12. The van der Waals surface area contributed by atoms with E-state index < -0.39 is 5.97 Å². The first kappa shape index (κ1) is 8.48. The van der Waals surface area contributed by atoms with Gasteiger partial charge in [-0.2, -0.15) is 0 Å². The number of carboxylic acids is 1. The Hall–Kier alpha value is -1.83. The summed E-state index contributed by atoms with van der Waals surface area (Å²) in [6.07, 6.45) is 1.84. The number of aromatic carboxylic acids is 1. The fourth-order valence-corrected chi connectivity index (χ4v) is 2.44. The van der Waals surface area contributed by atoms with Crippen LogP contribution in [0.1, 0.15) is 21.5 Å². The van der Waals surface area contributed by atoms with Crippen LogP contribution < -0.4 is 0 Å². The van der Waals surface area contributed by atoms with Gasteiger partial charge in [0.1, 0.15) is 0 Å². The van der Waals surface area contributed by atoms with Crippen LogP contribution in [0, 0.1) is 0 Å². The van der Waals surface area contributed by atoms with Gasteiger partial charge in [0.25, 0.3) is 0 Å². The quantitative estimate of drug-likeness (QED) is 0.764. The van der Waals surface area contributed by atoms with Crippen LogP contribution in [0.4, 0.5) is 0 Å². The molecule has 2 nitrogen and oxygen atoms in total. The Bertz CT molecular complexity index is 570. The summed E-state index contributed by atoms with van der Waals surface area (Å²) in [4.78, 5) is 11.1. The number of carboxylic acid groups (broad SMARTS) is 1. The summed E-state index contributed by atoms with van der Waals surface area (Å²) in [5.74, 6) is -0.809. The zero-order chi connectivity index (χ0) is 10.4. The Labute approximate surface area is 87.2 Å². The Morgan fingerprint density at radius 2 is 1.87 bits per heavy atom. The van der Waals surface area contributed by atoms with E-state index in [-0.39, 0.29) is 0 Å². The van der Waals surface area contributed by atoms with Crippen molar-refractivity contribution in [3.05, 3.63) is 47.0 Å². The van der Waals surface area contributed by atoms with Crippen molar-refractivity contribution in [1.29, 1.82) is 0 Å². The maximum absolute atomic E-state index is 11.1. The summed E-state index contributed by atoms with van der Waals surface area (Å²) in [6.45, 7) is 0. The summed E-state index contributed by atoms with van der Waals surface area (Å²) in [6, 6.07) is 9.87. The molecule has 2 aliphatic rings. The fraction of sp³-hybridized carbons (Fsp3) is 0.154. The number of benzene rings is 2. The first-order valence-electron chi connectivity index (χ1n) is 5.04. The van der Waals surface area contributed by atoms with Crippen LogP contribution in [-0.2, 0) is 12.8 Å². The van der Waals surface area contributed by atoms with Gasteiger partial charge in [0, 0.05) is 0 Å². The number of carbonyl (C=O) groups is 1. The van der Waals surface area contributed by atoms with Crippen LogP contribution in [0.15, 0.2) is 30.3 Å². The Balaban J connectivity index is 2.47. The highest BCUT2D eigenvalue weighted by molar-refractivity contribution is 6.00. The first-order valence-corrected chi connectivity index (χ1v) is 5.04. The molecule has 0 radical (unpaired) electrons. The second-order valence-corrected chi connectivity index (χ2v) is 3.91. The highest BCUT2D eigenvalue weighted by atomic mass is 16.4. The van der Waals surface area contributed by atoms with E-state index in [1.165, 1.54) is 5.39 Å². The molecular weight excluding hydrogens is 188 g/mol. The molecule has 15 heavy (non-hydrogen) atoms. The van der Waals surface area contributed by atoms with Gasteiger partial charge in [0.15, 0.2) is 0 Å². The van der Waals surface area contributed by atoms with E-state index in [9.17, 15) is 4.79 Å². The number of hydrogen-bond donors (Lipinski definition) is 1. The van der Waals surface area contributed by atoms with Gasteiger partial charge in [-0.05, 0) is 40.8 Å². The van der Waals surface area contributed by atoms with Crippen LogP contribution in [-0.4, -0.2) is 11.1 Å². The maximum Gasteiger partial charge on any atom is 0.335 e. The molecule has 0 amide bonds. The molecule has 2 heteroatoms. The van der Waals surface area contributed by atoms with Crippen molar-refractivity contribution in [1.82, 2.24) is 0 Å². The third kappa shape index (κ3) is 1.08. The van der Waals surface area contributed by atoms with Crippen LogP contribution in [0.3, 0.4) is 0 Å². The van der Waals surface area contributed by atoms with Crippen molar-refractivity contribution >= 4 is 16.7 Å². The van der Waals surface area contributed by atoms with Crippen LogP contribution >= 0.6 is 0 Å². The number of rotatable bonds is 1. The van der Waals surface area contributed by atoms with E-state index >= 15 is 0 Å². The van der Waals surface area contributed by atoms with Crippen molar-refractivity contribution in [3.63, 3.8) is 0 Å². The molecule has 0 aliphatic heterocycles. The molecule has 2 aromatic carbocycles. The molecule has 0 saturated carbocycles. The zero-order valence-electron chi connectivity index (χ0n) is 8.16. The molecule has 0 aromatic heterocycles. The lowest BCUT2D eigenvalue weighted by molar-refractivity contribution is 0.0695. The van der Waals surface area contributed by atoms with Gasteiger partial charge in [-0.3, -0.25) is 0 Å². The van der Waals surface area contributed by atoms with Gasteiger partial charge in [0.05, 0.1) is 5.56 Å². The number of fused-ring (bicyclic) bond motifs is 2. The lowest BCUT2D eigenvalue weighted by atomic mass is 9.84. The van der Waals surface area contributed by atoms with Crippen LogP contribution in [0.25, 0.3) is 10.8 Å². The average Bonchev–Trinajstić information content (AvgIpc) is 2.30. The highest BCUT2D eigenvalue weighted by Gasteiger charge is 2.20. The van der Waals surface area contributed by atoms with E-state index in [0.29, 0.717) is 5.56 Å². The molecule has 0 atom stereocenters. The van der Waals surface area contributed by atoms with Gasteiger partial charge in [0.2, 0.25) is 0 Å². The molecule has 1 N–H and O–H groups in total. The van der Waals surface area contributed by atoms with Gasteiger partial charge < -0.3 is 5.11 Å². The topological polar surface area (TPSA) is 37.3 Å². The lowest BCUT2D eigenvalue weighted by Crippen LogP contribution is -2.11. The molecule has 0 unspecified atom stereocenters. The fourth-order valence-electron chi connectivity index (χ4n) is 2.44. The summed E-state index contributed by atoms with van der Waals surface area (Å²) < 4.78 is 0. The second kappa shape index (κ2) is 2.83. The molecule has 2 aliphatic carbocycles. The normalized spacial score (nSPS) is 13.3. The maximum atomic E-state index is 11.1. The summed E-state index contributed by atoms with van der Waals surface area (Å²) in [5.41, 5.74) is 2.64. The molecule has 74 valence electrons. The van der Waals surface area contributed by atoms with E-state index in [0.717, 1.165) is 29.4 Å². The average molecular weight is 198 g/mol. The third-order valence-corrected chi connectivity index (χ3v) is 3.12. The van der Waals surface area contributed by atoms with Crippen molar-refractivity contribution < 1.29 is 9.90 Å². The SMILES string of the molecule is O=C(O)c1cc2c3ccccc3c1CC2. The van der Waals surface area contributed by atoms with E-state index in [1.54, 1.807) is 0 Å². The van der Waals surface area contributed by atoms with E-state index in [4.69, 9.17) is 5.11 Å². The van der Waals surface area contributed by atoms with Crippen molar-refractivity contribution in [2.24, 2.45) is 0 Å². The van der Waals surface area contributed by atoms with Gasteiger partial charge >= 0.3 is 5.97 Å². The first-order chi connectivity index (χ1) is 7.27. The monoisotopic (exact) mass is 198 g/mol. The Kier molecular flexibility index (Phi) is 1.60. The predicted octanol–water partition coefficient (Wildman–Crippen LogP) is 2.64. The number of aryl methyl sites for hydroxylation is 2. The van der Waals surface area contributed by atoms with Crippen LogP contribution in [0.2, 0.25) is 0 Å². The molecule has 4 rings (SSSR count). The highest BCUT2D eigenvalue weighted by Crippen LogP contribution is 2.33. The molecule has 0 spiro atoms. The summed E-state index contributed by atoms with van der Waals surface area (Å²) in [7, 11) is 0. The Morgan fingerprint density at radius 3 is 2.60 bits per heavy atom. The second-order valence-electron chi connectivity index (χ2n) is 3.91. The van der Waals surface area contributed by atoms with Crippen molar-refractivity contribution in [2.75, 3.05) is 0 Å². The van der Waals surface area contributed by atoms with Gasteiger partial charge in [-0.1, -0.05) is 24.3 Å². The largest absolute Gasteiger partial charge is 0.478 e. The van der Waals surface area contributed by atoms with Gasteiger partial charge in [-0.25, -0.2) is 4.79 Å². The molecule has 0 saturated heterocycles. The molecule has 0 heterocycles. The molecule has 0 fully saturated rings. The summed E-state index contributed by atoms with van der Waals surface area (Å²) in [5, 5.41) is 11.4. The molecular formula is C13H10O2. The van der Waals surface area contributed by atoms with E-state index in [1.807, 2.05) is 24.3 Å². The summed E-state index contributed by atoms with van der Waals surface area (Å²) >= 11 is 0. The molecule has 2 aromatic rings. The van der Waals surface area contributed by atoms with E-state index in [2.05, 4.69) is 6.07 Å². The van der Waals surface area contributed by atoms with Gasteiger partial charge in [-0.15, -0.1) is 0 Å². The van der Waals surface area contributed by atoms with Crippen molar-refractivity contribution in [2.45, 2.75) is 12.8 Å². The minimum Gasteiger partial charge on any atom is -0.478 e. The number of hydrogen-bond acceptors (Lipinski definition) is 1. The standard InChI is InChI=1S/C13H10O2/c14-13(15)12-7-8-5-6-11(12)10-4-2-1-3-9(8)10/h1-4,7H,5-6H2,(H,14,15). The minimum absolute atomic E-state index is 0.481.